The molecule has 34 heavy (non-hydrogen) atoms. The number of nitrogens with zero attached hydrogens (tertiary/aromatic N) is 2. The van der Waals surface area contributed by atoms with Crippen LogP contribution in [0.25, 0.3) is 0 Å². The van der Waals surface area contributed by atoms with Crippen molar-refractivity contribution in [1.29, 1.82) is 0 Å². The van der Waals surface area contributed by atoms with Crippen LogP contribution in [-0.4, -0.2) is 54.5 Å². The minimum atomic E-state index is -0.225. The maximum absolute atomic E-state index is 13.2. The summed E-state index contributed by atoms with van der Waals surface area (Å²) >= 11 is 0. The molecule has 4 rings (SSSR count). The number of benzene rings is 2. The van der Waals surface area contributed by atoms with Crippen LogP contribution < -0.4 is 16.2 Å². The third kappa shape index (κ3) is 6.33. The predicted molar refractivity (Wildman–Crippen MR) is 130 cm³/mol. The summed E-state index contributed by atoms with van der Waals surface area (Å²) in [5.41, 5.74) is 8.45. The summed E-state index contributed by atoms with van der Waals surface area (Å²) in [5.74, 6) is -0.273. The van der Waals surface area contributed by atoms with Crippen molar-refractivity contribution in [1.82, 2.24) is 20.7 Å². The van der Waals surface area contributed by atoms with E-state index in [0.29, 0.717) is 25.7 Å². The molecule has 3 N–H and O–H groups in total. The predicted octanol–water partition coefficient (Wildman–Crippen LogP) is 3.92. The molecule has 2 saturated heterocycles. The summed E-state index contributed by atoms with van der Waals surface area (Å²) in [4.78, 5) is 29.2. The van der Waals surface area contributed by atoms with E-state index in [0.717, 1.165) is 43.4 Å². The Kier molecular flexibility index (Phi) is 8.13. The average Bonchev–Trinajstić information content (AvgIpc) is 3.33. The minimum Gasteiger partial charge on any atom is -0.345 e. The molecule has 0 aliphatic carbocycles. The van der Waals surface area contributed by atoms with E-state index in [1.807, 2.05) is 54.4 Å². The highest BCUT2D eigenvalue weighted by Gasteiger charge is 2.30. The van der Waals surface area contributed by atoms with Gasteiger partial charge in [-0.2, -0.15) is 0 Å². The van der Waals surface area contributed by atoms with E-state index in [9.17, 15) is 14.0 Å². The van der Waals surface area contributed by atoms with E-state index in [1.54, 1.807) is 4.90 Å². The van der Waals surface area contributed by atoms with Gasteiger partial charge in [0.1, 0.15) is 5.82 Å². The summed E-state index contributed by atoms with van der Waals surface area (Å²) in [6.45, 7) is 1.81. The Morgan fingerprint density at radius 3 is 2.65 bits per heavy atom. The van der Waals surface area contributed by atoms with E-state index in [1.165, 1.54) is 12.1 Å². The van der Waals surface area contributed by atoms with Crippen LogP contribution in [0, 0.1) is 11.7 Å². The fourth-order valence-corrected chi connectivity index (χ4v) is 4.81. The van der Waals surface area contributed by atoms with Gasteiger partial charge in [0.2, 0.25) is 5.91 Å². The summed E-state index contributed by atoms with van der Waals surface area (Å²) in [5, 5.41) is 2.91. The van der Waals surface area contributed by atoms with Gasteiger partial charge in [0.25, 0.3) is 0 Å². The fraction of sp³-hybridized carbons (Fsp3) is 0.462. The second-order valence-corrected chi connectivity index (χ2v) is 9.31. The Hall–Kier alpha value is -2.97. The molecule has 2 aliphatic rings. The molecule has 2 heterocycles. The van der Waals surface area contributed by atoms with Gasteiger partial charge in [-0.25, -0.2) is 9.18 Å². The molecule has 2 aromatic rings. The number of nitrogens with one attached hydrogen (secondary N) is 3. The van der Waals surface area contributed by atoms with Crippen molar-refractivity contribution in [2.24, 2.45) is 5.92 Å². The van der Waals surface area contributed by atoms with Crippen LogP contribution in [0.5, 0.6) is 0 Å². The normalized spacial score (nSPS) is 22.4. The maximum Gasteiger partial charge on any atom is 0.321 e. The minimum absolute atomic E-state index is 0.110. The van der Waals surface area contributed by atoms with Crippen molar-refractivity contribution in [2.75, 3.05) is 32.0 Å². The molecule has 0 aromatic heterocycles. The van der Waals surface area contributed by atoms with Gasteiger partial charge in [0.05, 0.1) is 5.92 Å². The van der Waals surface area contributed by atoms with Gasteiger partial charge in [-0.3, -0.25) is 15.6 Å². The summed E-state index contributed by atoms with van der Waals surface area (Å²) in [7, 11) is 1.85. The van der Waals surface area contributed by atoms with Crippen molar-refractivity contribution in [3.05, 3.63) is 66.0 Å². The highest BCUT2D eigenvalue weighted by atomic mass is 19.1. The number of hydrazine groups is 1. The lowest BCUT2D eigenvalue weighted by molar-refractivity contribution is -0.135. The highest BCUT2D eigenvalue weighted by Crippen LogP contribution is 2.25. The summed E-state index contributed by atoms with van der Waals surface area (Å²) in [6.07, 6.45) is 4.40. The first-order valence-corrected chi connectivity index (χ1v) is 12.1. The summed E-state index contributed by atoms with van der Waals surface area (Å²) in [6, 6.07) is 16.3. The Labute approximate surface area is 200 Å². The van der Waals surface area contributed by atoms with Gasteiger partial charge in [0.15, 0.2) is 0 Å². The number of likely N-dealkylation sites (tertiary alicyclic amines) is 1. The number of urea groups is 1. The number of carbonyl (C=O) groups excluding carboxylic acids is 2. The number of anilines is 1. The molecule has 0 saturated carbocycles. The van der Waals surface area contributed by atoms with Crippen molar-refractivity contribution in [3.8, 4) is 0 Å². The van der Waals surface area contributed by atoms with E-state index < -0.39 is 0 Å². The number of carbonyl (C=O) groups is 2. The molecule has 2 aliphatic heterocycles. The molecular weight excluding hydrogens is 433 g/mol. The van der Waals surface area contributed by atoms with Crippen LogP contribution in [0.3, 0.4) is 0 Å². The maximum atomic E-state index is 13.2. The van der Waals surface area contributed by atoms with Gasteiger partial charge >= 0.3 is 6.03 Å². The first kappa shape index (κ1) is 24.2. The van der Waals surface area contributed by atoms with E-state index in [-0.39, 0.29) is 29.7 Å². The van der Waals surface area contributed by atoms with Crippen LogP contribution in [-0.2, 0) is 4.79 Å². The van der Waals surface area contributed by atoms with E-state index in [2.05, 4.69) is 16.2 Å². The second kappa shape index (κ2) is 11.4. The number of hydrogen-bond donors (Lipinski definition) is 3. The number of para-hydroxylation sites is 1. The monoisotopic (exact) mass is 467 g/mol. The first-order valence-electron chi connectivity index (χ1n) is 12.1. The van der Waals surface area contributed by atoms with Gasteiger partial charge < -0.3 is 15.1 Å². The number of rotatable bonds is 7. The van der Waals surface area contributed by atoms with Crippen LogP contribution in [0.4, 0.5) is 14.9 Å². The Morgan fingerprint density at radius 1 is 1.12 bits per heavy atom. The molecule has 0 spiro atoms. The van der Waals surface area contributed by atoms with Crippen LogP contribution in [0.15, 0.2) is 54.6 Å². The number of amides is 3. The lowest BCUT2D eigenvalue weighted by Crippen LogP contribution is -2.47. The SMILES string of the molecule is CN(CCCC1CC(c2ccc(F)cc2)NN1)C(=O)C1CCCN(C(=O)Nc2ccccc2)C1. The topological polar surface area (TPSA) is 76.7 Å². The fourth-order valence-electron chi connectivity index (χ4n) is 4.81. The summed E-state index contributed by atoms with van der Waals surface area (Å²) < 4.78 is 13.2. The molecular formula is C26H34FN5O2. The quantitative estimate of drug-likeness (QED) is 0.577. The number of piperidine rings is 1. The lowest BCUT2D eigenvalue weighted by Gasteiger charge is -2.34. The molecule has 3 amide bonds. The smallest absolute Gasteiger partial charge is 0.321 e. The standard InChI is InChI=1S/C26H34FN5O2/c1-31(15-6-10-23-17-24(30-29-23)19-11-13-21(27)14-12-19)25(33)20-7-5-16-32(18-20)26(34)28-22-8-3-2-4-9-22/h2-4,8-9,11-14,20,23-24,29-30H,5-7,10,15-18H2,1H3,(H,28,34). The van der Waals surface area contributed by atoms with Crippen molar-refractivity contribution < 1.29 is 14.0 Å². The Bertz CT molecular complexity index is 955. The molecule has 0 bridgehead atoms. The molecule has 3 atom stereocenters. The highest BCUT2D eigenvalue weighted by molar-refractivity contribution is 5.90. The van der Waals surface area contributed by atoms with Crippen LogP contribution >= 0.6 is 0 Å². The molecule has 7 nitrogen and oxygen atoms in total. The Morgan fingerprint density at radius 2 is 1.88 bits per heavy atom. The van der Waals surface area contributed by atoms with Crippen LogP contribution in [0.1, 0.15) is 43.7 Å². The lowest BCUT2D eigenvalue weighted by atomic mass is 9.96. The number of halogens is 1. The van der Waals surface area contributed by atoms with Crippen LogP contribution in [0.2, 0.25) is 0 Å². The molecule has 2 fully saturated rings. The zero-order chi connectivity index (χ0) is 23.9. The second-order valence-electron chi connectivity index (χ2n) is 9.31. The van der Waals surface area contributed by atoms with Crippen molar-refractivity contribution in [3.63, 3.8) is 0 Å². The van der Waals surface area contributed by atoms with E-state index >= 15 is 0 Å². The van der Waals surface area contributed by atoms with Crippen molar-refractivity contribution in [2.45, 2.75) is 44.2 Å². The Balaban J connectivity index is 1.19. The third-order valence-electron chi connectivity index (χ3n) is 6.76. The van der Waals surface area contributed by atoms with E-state index in [4.69, 9.17) is 0 Å². The zero-order valence-corrected chi connectivity index (χ0v) is 19.7. The zero-order valence-electron chi connectivity index (χ0n) is 19.7. The van der Waals surface area contributed by atoms with Gasteiger partial charge in [0, 0.05) is 44.5 Å². The molecule has 182 valence electrons. The van der Waals surface area contributed by atoms with Crippen molar-refractivity contribution >= 4 is 17.6 Å². The molecule has 8 heteroatoms. The first-order chi connectivity index (χ1) is 16.5. The molecule has 3 unspecified atom stereocenters. The third-order valence-corrected chi connectivity index (χ3v) is 6.76. The van der Waals surface area contributed by atoms with Gasteiger partial charge in [-0.1, -0.05) is 30.3 Å². The molecule has 0 radical (unpaired) electrons. The average molecular weight is 468 g/mol. The largest absolute Gasteiger partial charge is 0.345 e. The molecule has 2 aromatic carbocycles. The van der Waals surface area contributed by atoms with Gasteiger partial charge in [-0.05, 0) is 61.9 Å². The number of hydrogen-bond acceptors (Lipinski definition) is 4. The van der Waals surface area contributed by atoms with Gasteiger partial charge in [-0.15, -0.1) is 0 Å².